The Morgan fingerprint density at radius 3 is 2.41 bits per heavy atom. The van der Waals surface area contributed by atoms with Crippen LogP contribution in [0.1, 0.15) is 47.9 Å². The van der Waals surface area contributed by atoms with E-state index in [0.717, 1.165) is 28.0 Å². The van der Waals surface area contributed by atoms with Gasteiger partial charge in [0.15, 0.2) is 0 Å². The van der Waals surface area contributed by atoms with Crippen LogP contribution in [0.25, 0.3) is 11.0 Å². The first-order valence-corrected chi connectivity index (χ1v) is 11.6. The number of fused-ring (bicyclic) bond motifs is 3. The summed E-state index contributed by atoms with van der Waals surface area (Å²) < 4.78 is 1.97. The molecule has 6 nitrogen and oxygen atoms in total. The standard InChI is InChI=1S/C28H28N4O2/c1-19-12-14-21(15-13-19)17-29-26(33)16-25-28(34)31(18-22-8-4-3-5-9-22)20(2)27-30-23-10-6-7-11-24(23)32(25)27/h3-15,20,25H,16-18H2,1-2H3,(H,29,33)/t20-,25-/m0/s1. The van der Waals surface area contributed by atoms with Crippen molar-refractivity contribution in [2.24, 2.45) is 0 Å². The molecular formula is C28H28N4O2. The van der Waals surface area contributed by atoms with Gasteiger partial charge in [0.2, 0.25) is 11.8 Å². The van der Waals surface area contributed by atoms with E-state index in [2.05, 4.69) is 5.32 Å². The normalized spacial score (nSPS) is 17.6. The maximum Gasteiger partial charge on any atom is 0.247 e. The fourth-order valence-electron chi connectivity index (χ4n) is 4.65. The van der Waals surface area contributed by atoms with Crippen LogP contribution in [-0.4, -0.2) is 26.3 Å². The number of amides is 2. The summed E-state index contributed by atoms with van der Waals surface area (Å²) in [6, 6.07) is 25.0. The minimum Gasteiger partial charge on any atom is -0.352 e. The second-order valence-corrected chi connectivity index (χ2v) is 8.94. The average Bonchev–Trinajstić information content (AvgIpc) is 3.24. The highest BCUT2D eigenvalue weighted by Gasteiger charge is 2.40. The van der Waals surface area contributed by atoms with E-state index in [1.807, 2.05) is 102 Å². The van der Waals surface area contributed by atoms with Crippen LogP contribution in [0, 0.1) is 6.92 Å². The van der Waals surface area contributed by atoms with Crippen molar-refractivity contribution in [3.8, 4) is 0 Å². The molecule has 0 saturated carbocycles. The highest BCUT2D eigenvalue weighted by Crippen LogP contribution is 2.37. The minimum absolute atomic E-state index is 0.0579. The predicted molar refractivity (Wildman–Crippen MR) is 132 cm³/mol. The molecule has 34 heavy (non-hydrogen) atoms. The molecule has 0 radical (unpaired) electrons. The van der Waals surface area contributed by atoms with Gasteiger partial charge < -0.3 is 14.8 Å². The lowest BCUT2D eigenvalue weighted by Crippen LogP contribution is -2.46. The highest BCUT2D eigenvalue weighted by atomic mass is 16.2. The Balaban J connectivity index is 1.44. The van der Waals surface area contributed by atoms with Gasteiger partial charge in [0, 0.05) is 13.1 Å². The molecule has 1 aromatic heterocycles. The van der Waals surface area contributed by atoms with Crippen LogP contribution in [0.3, 0.4) is 0 Å². The number of carbonyl (C=O) groups excluding carboxylic acids is 2. The van der Waals surface area contributed by atoms with Crippen molar-refractivity contribution in [2.45, 2.75) is 45.4 Å². The molecule has 2 atom stereocenters. The molecule has 1 N–H and O–H groups in total. The quantitative estimate of drug-likeness (QED) is 0.461. The molecule has 1 aliphatic heterocycles. The van der Waals surface area contributed by atoms with Crippen LogP contribution in [0.5, 0.6) is 0 Å². The number of benzene rings is 3. The van der Waals surface area contributed by atoms with Crippen LogP contribution in [0.4, 0.5) is 0 Å². The van der Waals surface area contributed by atoms with E-state index in [4.69, 9.17) is 4.98 Å². The van der Waals surface area contributed by atoms with Gasteiger partial charge in [-0.05, 0) is 37.1 Å². The molecule has 1 aliphatic rings. The molecule has 0 saturated heterocycles. The summed E-state index contributed by atoms with van der Waals surface area (Å²) in [6.07, 6.45) is 0.0655. The van der Waals surface area contributed by atoms with Gasteiger partial charge in [-0.15, -0.1) is 0 Å². The Labute approximate surface area is 199 Å². The van der Waals surface area contributed by atoms with Gasteiger partial charge in [0.1, 0.15) is 11.9 Å². The van der Waals surface area contributed by atoms with Crippen molar-refractivity contribution < 1.29 is 9.59 Å². The second-order valence-electron chi connectivity index (χ2n) is 8.94. The van der Waals surface area contributed by atoms with Crippen molar-refractivity contribution in [1.29, 1.82) is 0 Å². The first kappa shape index (κ1) is 21.9. The molecule has 0 aliphatic carbocycles. The molecule has 0 unspecified atom stereocenters. The largest absolute Gasteiger partial charge is 0.352 e. The first-order valence-electron chi connectivity index (χ1n) is 11.6. The zero-order valence-corrected chi connectivity index (χ0v) is 19.4. The van der Waals surface area contributed by atoms with E-state index >= 15 is 0 Å². The maximum absolute atomic E-state index is 13.8. The van der Waals surface area contributed by atoms with Crippen LogP contribution < -0.4 is 5.32 Å². The molecule has 2 heterocycles. The fraction of sp³-hybridized carbons (Fsp3) is 0.250. The lowest BCUT2D eigenvalue weighted by atomic mass is 10.0. The summed E-state index contributed by atoms with van der Waals surface area (Å²) in [5.74, 6) is 0.599. The predicted octanol–water partition coefficient (Wildman–Crippen LogP) is 4.70. The monoisotopic (exact) mass is 452 g/mol. The van der Waals surface area contributed by atoms with Gasteiger partial charge >= 0.3 is 0 Å². The summed E-state index contributed by atoms with van der Waals surface area (Å²) in [4.78, 5) is 33.5. The Bertz CT molecular complexity index is 1330. The third-order valence-electron chi connectivity index (χ3n) is 6.53. The molecule has 5 rings (SSSR count). The van der Waals surface area contributed by atoms with E-state index in [9.17, 15) is 9.59 Å². The SMILES string of the molecule is Cc1ccc(CNC(=O)C[C@H]2C(=O)N(Cc3ccccc3)[C@@H](C)c3nc4ccccc4n32)cc1. The van der Waals surface area contributed by atoms with E-state index in [-0.39, 0.29) is 24.3 Å². The van der Waals surface area contributed by atoms with E-state index in [1.165, 1.54) is 5.56 Å². The van der Waals surface area contributed by atoms with Crippen molar-refractivity contribution in [3.05, 3.63) is 101 Å². The van der Waals surface area contributed by atoms with Crippen molar-refractivity contribution in [3.63, 3.8) is 0 Å². The summed E-state index contributed by atoms with van der Waals surface area (Å²) in [5.41, 5.74) is 4.98. The Morgan fingerprint density at radius 2 is 1.65 bits per heavy atom. The summed E-state index contributed by atoms with van der Waals surface area (Å²) in [5, 5.41) is 2.99. The molecule has 3 aromatic carbocycles. The van der Waals surface area contributed by atoms with Crippen LogP contribution in [0.2, 0.25) is 0 Å². The number of nitrogens with one attached hydrogen (secondary N) is 1. The van der Waals surface area contributed by atoms with Gasteiger partial charge in [-0.1, -0.05) is 72.3 Å². The van der Waals surface area contributed by atoms with Gasteiger partial charge in [0.05, 0.1) is 23.5 Å². The number of imidazole rings is 1. The third-order valence-corrected chi connectivity index (χ3v) is 6.53. The zero-order valence-electron chi connectivity index (χ0n) is 19.4. The lowest BCUT2D eigenvalue weighted by molar-refractivity contribution is -0.142. The van der Waals surface area contributed by atoms with Crippen LogP contribution >= 0.6 is 0 Å². The molecular weight excluding hydrogens is 424 g/mol. The molecule has 172 valence electrons. The van der Waals surface area contributed by atoms with E-state index < -0.39 is 6.04 Å². The van der Waals surface area contributed by atoms with Gasteiger partial charge in [-0.3, -0.25) is 9.59 Å². The number of para-hydroxylation sites is 2. The smallest absolute Gasteiger partial charge is 0.247 e. The van der Waals surface area contributed by atoms with E-state index in [0.29, 0.717) is 13.1 Å². The van der Waals surface area contributed by atoms with Crippen molar-refractivity contribution in [1.82, 2.24) is 19.8 Å². The number of carbonyl (C=O) groups is 2. The number of aromatic nitrogens is 2. The van der Waals surface area contributed by atoms with Crippen LogP contribution in [-0.2, 0) is 22.7 Å². The molecule has 2 amide bonds. The third kappa shape index (κ3) is 4.19. The van der Waals surface area contributed by atoms with Gasteiger partial charge in [-0.2, -0.15) is 0 Å². The Hall–Kier alpha value is -3.93. The number of hydrogen-bond donors (Lipinski definition) is 1. The Kier molecular flexibility index (Phi) is 5.88. The average molecular weight is 453 g/mol. The molecule has 0 bridgehead atoms. The van der Waals surface area contributed by atoms with E-state index in [1.54, 1.807) is 0 Å². The number of nitrogens with zero attached hydrogens (tertiary/aromatic N) is 3. The molecule has 0 fully saturated rings. The van der Waals surface area contributed by atoms with Gasteiger partial charge in [-0.25, -0.2) is 4.98 Å². The topological polar surface area (TPSA) is 67.2 Å². The minimum atomic E-state index is -0.639. The van der Waals surface area contributed by atoms with Crippen molar-refractivity contribution >= 4 is 22.8 Å². The summed E-state index contributed by atoms with van der Waals surface area (Å²) in [7, 11) is 0. The maximum atomic E-state index is 13.8. The molecule has 0 spiro atoms. The highest BCUT2D eigenvalue weighted by molar-refractivity contribution is 5.90. The number of aryl methyl sites for hydroxylation is 1. The number of rotatable bonds is 6. The van der Waals surface area contributed by atoms with Gasteiger partial charge in [0.25, 0.3) is 0 Å². The molecule has 6 heteroatoms. The van der Waals surface area contributed by atoms with Crippen molar-refractivity contribution in [2.75, 3.05) is 0 Å². The summed E-state index contributed by atoms with van der Waals surface area (Å²) >= 11 is 0. The Morgan fingerprint density at radius 1 is 0.941 bits per heavy atom. The zero-order chi connectivity index (χ0) is 23.7. The molecule has 4 aromatic rings. The fourth-order valence-corrected chi connectivity index (χ4v) is 4.65. The lowest BCUT2D eigenvalue weighted by Gasteiger charge is -2.38. The summed E-state index contributed by atoms with van der Waals surface area (Å²) in [6.45, 7) is 4.95. The van der Waals surface area contributed by atoms with Crippen LogP contribution in [0.15, 0.2) is 78.9 Å². The second kappa shape index (κ2) is 9.14. The first-order chi connectivity index (χ1) is 16.5. The number of hydrogen-bond acceptors (Lipinski definition) is 3.